The Labute approximate surface area is 154 Å². The van der Waals surface area contributed by atoms with E-state index >= 15 is 0 Å². The van der Waals surface area contributed by atoms with Gasteiger partial charge in [0.15, 0.2) is 0 Å². The second-order valence-electron chi connectivity index (χ2n) is 6.43. The van der Waals surface area contributed by atoms with Crippen LogP contribution in [-0.2, 0) is 21.2 Å². The zero-order valence-corrected chi connectivity index (χ0v) is 15.6. The van der Waals surface area contributed by atoms with Gasteiger partial charge in [-0.25, -0.2) is 8.42 Å². The molecule has 1 aliphatic heterocycles. The van der Waals surface area contributed by atoms with Crippen molar-refractivity contribution in [1.29, 1.82) is 0 Å². The summed E-state index contributed by atoms with van der Waals surface area (Å²) in [6.45, 7) is 2.69. The summed E-state index contributed by atoms with van der Waals surface area (Å²) in [5.74, 6) is -0.499. The van der Waals surface area contributed by atoms with Crippen molar-refractivity contribution in [2.24, 2.45) is 5.92 Å². The van der Waals surface area contributed by atoms with Crippen molar-refractivity contribution >= 4 is 21.6 Å². The molecular formula is C19H23N3O3S. The lowest BCUT2D eigenvalue weighted by atomic mass is 9.98. The van der Waals surface area contributed by atoms with Gasteiger partial charge in [-0.15, -0.1) is 0 Å². The predicted molar refractivity (Wildman–Crippen MR) is 100 cm³/mol. The van der Waals surface area contributed by atoms with E-state index in [0.717, 1.165) is 12.1 Å². The van der Waals surface area contributed by atoms with E-state index in [-0.39, 0.29) is 23.3 Å². The first-order valence-electron chi connectivity index (χ1n) is 8.80. The number of rotatable bonds is 5. The Morgan fingerprint density at radius 1 is 1.27 bits per heavy atom. The maximum atomic E-state index is 12.7. The third-order valence-corrected chi connectivity index (χ3v) is 6.51. The monoisotopic (exact) mass is 373 g/mol. The highest BCUT2D eigenvalue weighted by Gasteiger charge is 2.33. The molecule has 0 radical (unpaired) electrons. The van der Waals surface area contributed by atoms with Gasteiger partial charge in [-0.1, -0.05) is 19.1 Å². The van der Waals surface area contributed by atoms with Crippen LogP contribution in [0.2, 0.25) is 0 Å². The van der Waals surface area contributed by atoms with Gasteiger partial charge in [0.05, 0.1) is 5.92 Å². The van der Waals surface area contributed by atoms with Gasteiger partial charge in [0.2, 0.25) is 15.9 Å². The van der Waals surface area contributed by atoms with E-state index in [1.165, 1.54) is 28.3 Å². The minimum Gasteiger partial charge on any atom is -0.326 e. The van der Waals surface area contributed by atoms with Crippen molar-refractivity contribution in [3.8, 4) is 0 Å². The molecule has 0 spiro atoms. The minimum atomic E-state index is -3.62. The summed E-state index contributed by atoms with van der Waals surface area (Å²) in [6, 6.07) is 10.8. The van der Waals surface area contributed by atoms with Crippen LogP contribution < -0.4 is 5.32 Å². The summed E-state index contributed by atoms with van der Waals surface area (Å²) >= 11 is 0. The number of piperidine rings is 1. The third-order valence-electron chi connectivity index (χ3n) is 4.66. The fourth-order valence-electron chi connectivity index (χ4n) is 3.09. The summed E-state index contributed by atoms with van der Waals surface area (Å²) in [5.41, 5.74) is 1.94. The van der Waals surface area contributed by atoms with E-state index in [1.807, 2.05) is 24.3 Å². The predicted octanol–water partition coefficient (Wildman–Crippen LogP) is 2.68. The number of anilines is 1. The number of hydrogen-bond acceptors (Lipinski definition) is 4. The number of pyridine rings is 1. The minimum absolute atomic E-state index is 0.139. The Hall–Kier alpha value is -2.25. The van der Waals surface area contributed by atoms with Crippen molar-refractivity contribution in [2.75, 3.05) is 18.4 Å². The molecule has 1 saturated heterocycles. The first-order chi connectivity index (χ1) is 12.5. The van der Waals surface area contributed by atoms with Crippen LogP contribution in [0.3, 0.4) is 0 Å². The van der Waals surface area contributed by atoms with Crippen LogP contribution in [-0.4, -0.2) is 36.7 Å². The lowest BCUT2D eigenvalue weighted by Crippen LogP contribution is -2.43. The van der Waals surface area contributed by atoms with E-state index in [0.29, 0.717) is 19.4 Å². The summed E-state index contributed by atoms with van der Waals surface area (Å²) in [6.07, 6.45) is 5.16. The molecule has 1 aromatic heterocycles. The molecule has 6 nitrogen and oxygen atoms in total. The van der Waals surface area contributed by atoms with Gasteiger partial charge in [-0.3, -0.25) is 9.78 Å². The van der Waals surface area contributed by atoms with Crippen LogP contribution in [0.5, 0.6) is 0 Å². The maximum absolute atomic E-state index is 12.7. The lowest BCUT2D eigenvalue weighted by Gasteiger charge is -2.31. The number of amides is 1. The smallest absolute Gasteiger partial charge is 0.244 e. The number of aryl methyl sites for hydroxylation is 1. The van der Waals surface area contributed by atoms with Gasteiger partial charge in [-0.2, -0.15) is 4.31 Å². The number of hydrogen-bond donors (Lipinski definition) is 1. The molecule has 138 valence electrons. The Kier molecular flexibility index (Phi) is 5.68. The Balaban J connectivity index is 1.68. The average molecular weight is 373 g/mol. The molecule has 26 heavy (non-hydrogen) atoms. The van der Waals surface area contributed by atoms with Crippen molar-refractivity contribution in [3.63, 3.8) is 0 Å². The number of aromatic nitrogens is 1. The van der Waals surface area contributed by atoms with Crippen LogP contribution in [0.1, 0.15) is 25.3 Å². The van der Waals surface area contributed by atoms with E-state index in [4.69, 9.17) is 0 Å². The number of sulfonamides is 1. The highest BCUT2D eigenvalue weighted by molar-refractivity contribution is 7.89. The van der Waals surface area contributed by atoms with Gasteiger partial charge >= 0.3 is 0 Å². The summed E-state index contributed by atoms with van der Waals surface area (Å²) in [7, 11) is -3.62. The summed E-state index contributed by atoms with van der Waals surface area (Å²) in [5, 5.41) is 2.90. The van der Waals surface area contributed by atoms with Gasteiger partial charge in [0, 0.05) is 31.2 Å². The molecule has 0 unspecified atom stereocenters. The van der Waals surface area contributed by atoms with E-state index in [1.54, 1.807) is 6.07 Å². The molecule has 0 aliphatic carbocycles. The Morgan fingerprint density at radius 3 is 2.69 bits per heavy atom. The fraction of sp³-hybridized carbons (Fsp3) is 0.368. The second kappa shape index (κ2) is 7.97. The van der Waals surface area contributed by atoms with Crippen molar-refractivity contribution in [2.45, 2.75) is 31.1 Å². The molecule has 0 saturated carbocycles. The highest BCUT2D eigenvalue weighted by atomic mass is 32.2. The van der Waals surface area contributed by atoms with E-state index < -0.39 is 10.0 Å². The highest BCUT2D eigenvalue weighted by Crippen LogP contribution is 2.24. The van der Waals surface area contributed by atoms with Gasteiger partial charge < -0.3 is 5.32 Å². The molecule has 1 amide bonds. The molecule has 1 atom stereocenters. The quantitative estimate of drug-likeness (QED) is 0.874. The molecule has 1 aliphatic rings. The number of carbonyl (C=O) groups excluding carboxylic acids is 1. The van der Waals surface area contributed by atoms with Gasteiger partial charge in [0.1, 0.15) is 4.90 Å². The molecule has 1 aromatic carbocycles. The van der Waals surface area contributed by atoms with E-state index in [2.05, 4.69) is 17.2 Å². The Bertz CT molecular complexity index is 851. The number of nitrogens with one attached hydrogen (secondary N) is 1. The SMILES string of the molecule is CCc1ccc(NC(=O)[C@H]2CCCN(S(=O)(=O)c3cccnc3)C2)cc1. The standard InChI is InChI=1S/C19H23N3O3S/c1-2-15-7-9-17(10-8-15)21-19(23)16-5-4-12-22(14-16)26(24,25)18-6-3-11-20-13-18/h3,6-11,13,16H,2,4-5,12,14H2,1H3,(H,21,23)/t16-/m0/s1. The molecule has 2 heterocycles. The van der Waals surface area contributed by atoms with Crippen LogP contribution >= 0.6 is 0 Å². The Morgan fingerprint density at radius 2 is 2.04 bits per heavy atom. The van der Waals surface area contributed by atoms with Crippen LogP contribution in [0.15, 0.2) is 53.7 Å². The van der Waals surface area contributed by atoms with Gasteiger partial charge in [-0.05, 0) is 49.1 Å². The second-order valence-corrected chi connectivity index (χ2v) is 8.37. The zero-order chi connectivity index (χ0) is 18.6. The van der Waals surface area contributed by atoms with E-state index in [9.17, 15) is 13.2 Å². The topological polar surface area (TPSA) is 79.4 Å². The normalized spacial score (nSPS) is 18.4. The fourth-order valence-corrected chi connectivity index (χ4v) is 4.58. The first kappa shape index (κ1) is 18.5. The number of nitrogens with zero attached hydrogens (tertiary/aromatic N) is 2. The van der Waals surface area contributed by atoms with Gasteiger partial charge in [0.25, 0.3) is 0 Å². The molecule has 0 bridgehead atoms. The van der Waals surface area contributed by atoms with Crippen molar-refractivity contribution in [1.82, 2.24) is 9.29 Å². The van der Waals surface area contributed by atoms with Crippen LogP contribution in [0.25, 0.3) is 0 Å². The molecule has 1 N–H and O–H groups in total. The zero-order valence-electron chi connectivity index (χ0n) is 14.8. The lowest BCUT2D eigenvalue weighted by molar-refractivity contribution is -0.120. The molecule has 3 rings (SSSR count). The largest absolute Gasteiger partial charge is 0.326 e. The molecular weight excluding hydrogens is 350 g/mol. The third kappa shape index (κ3) is 4.11. The van der Waals surface area contributed by atoms with Crippen LogP contribution in [0, 0.1) is 5.92 Å². The first-order valence-corrected chi connectivity index (χ1v) is 10.2. The summed E-state index contributed by atoms with van der Waals surface area (Å²) in [4.78, 5) is 16.6. The van der Waals surface area contributed by atoms with Crippen LogP contribution in [0.4, 0.5) is 5.69 Å². The maximum Gasteiger partial charge on any atom is 0.244 e. The summed E-state index contributed by atoms with van der Waals surface area (Å²) < 4.78 is 26.9. The average Bonchev–Trinajstić information content (AvgIpc) is 2.69. The van der Waals surface area contributed by atoms with Crippen molar-refractivity contribution in [3.05, 3.63) is 54.4 Å². The molecule has 7 heteroatoms. The molecule has 2 aromatic rings. The number of carbonyl (C=O) groups is 1. The molecule has 1 fully saturated rings. The number of benzene rings is 1. The van der Waals surface area contributed by atoms with Crippen molar-refractivity contribution < 1.29 is 13.2 Å².